The van der Waals surface area contributed by atoms with Crippen molar-refractivity contribution in [3.8, 4) is 17.2 Å². The number of allylic oxidation sites excluding steroid dienone is 1. The molecule has 0 spiro atoms. The first-order valence-electron chi connectivity index (χ1n) is 10.4. The number of carbonyl (C=O) groups excluding carboxylic acids is 2. The summed E-state index contributed by atoms with van der Waals surface area (Å²) in [6.07, 6.45) is 2.54. The number of ether oxygens (including phenoxy) is 3. The predicted molar refractivity (Wildman–Crippen MR) is 127 cm³/mol. The highest BCUT2D eigenvalue weighted by Crippen LogP contribution is 2.29. The van der Waals surface area contributed by atoms with Gasteiger partial charge in [0.2, 0.25) is 5.91 Å². The number of ketones is 1. The monoisotopic (exact) mass is 440 g/mol. The first kappa shape index (κ1) is 24.9. The van der Waals surface area contributed by atoms with Crippen molar-refractivity contribution in [1.82, 2.24) is 0 Å². The molecule has 0 radical (unpaired) electrons. The molecule has 1 amide bonds. The van der Waals surface area contributed by atoms with Crippen LogP contribution in [-0.2, 0) is 4.79 Å². The first-order valence-corrected chi connectivity index (χ1v) is 10.4. The van der Waals surface area contributed by atoms with Crippen molar-refractivity contribution in [3.05, 3.63) is 53.1 Å². The number of Topliss-reactive ketones (excluding diaryl/α,β-unsaturated/α-hetero) is 1. The quantitative estimate of drug-likeness (QED) is 0.422. The van der Waals surface area contributed by atoms with E-state index in [-0.39, 0.29) is 17.6 Å². The molecular weight excluding hydrogens is 408 g/mol. The number of hydrogen-bond acceptors (Lipinski definition) is 6. The van der Waals surface area contributed by atoms with Gasteiger partial charge in [-0.3, -0.25) is 9.59 Å². The maximum Gasteiger partial charge on any atom is 0.241 e. The predicted octanol–water partition coefficient (Wildman–Crippen LogP) is 4.31. The number of benzene rings is 2. The molecule has 172 valence electrons. The van der Waals surface area contributed by atoms with Crippen molar-refractivity contribution in [2.45, 2.75) is 33.2 Å². The lowest BCUT2D eigenvalue weighted by molar-refractivity contribution is -0.118. The Labute approximate surface area is 189 Å². The summed E-state index contributed by atoms with van der Waals surface area (Å²) >= 11 is 0. The average molecular weight is 441 g/mol. The summed E-state index contributed by atoms with van der Waals surface area (Å²) in [5.41, 5.74) is 8.17. The van der Waals surface area contributed by atoms with E-state index < -0.39 is 6.04 Å². The summed E-state index contributed by atoms with van der Waals surface area (Å²) < 4.78 is 15.9. The fraction of sp³-hybridized carbons (Fsp3) is 0.360. The van der Waals surface area contributed by atoms with Gasteiger partial charge in [0.1, 0.15) is 17.2 Å². The molecule has 2 atom stereocenters. The van der Waals surface area contributed by atoms with Gasteiger partial charge in [0.25, 0.3) is 0 Å². The molecule has 3 N–H and O–H groups in total. The molecule has 2 unspecified atom stereocenters. The zero-order valence-corrected chi connectivity index (χ0v) is 19.5. The smallest absolute Gasteiger partial charge is 0.241 e. The summed E-state index contributed by atoms with van der Waals surface area (Å²) in [5.74, 6) is 1.10. The van der Waals surface area contributed by atoms with Crippen LogP contribution in [0.2, 0.25) is 0 Å². The Morgan fingerprint density at radius 3 is 2.28 bits per heavy atom. The van der Waals surface area contributed by atoms with Gasteiger partial charge in [-0.2, -0.15) is 0 Å². The number of nitrogens with two attached hydrogens (primary N) is 1. The topological polar surface area (TPSA) is 99.9 Å². The molecule has 7 heteroatoms. The second kappa shape index (κ2) is 11.3. The van der Waals surface area contributed by atoms with Crippen LogP contribution in [-0.4, -0.2) is 39.1 Å². The third-order valence-electron chi connectivity index (χ3n) is 5.43. The van der Waals surface area contributed by atoms with E-state index in [1.807, 2.05) is 19.9 Å². The molecule has 2 aromatic rings. The van der Waals surface area contributed by atoms with E-state index in [4.69, 9.17) is 19.9 Å². The Morgan fingerprint density at radius 1 is 1.03 bits per heavy atom. The normalized spacial score (nSPS) is 13.2. The molecule has 32 heavy (non-hydrogen) atoms. The lowest BCUT2D eigenvalue weighted by Crippen LogP contribution is -2.40. The average Bonchev–Trinajstić information content (AvgIpc) is 2.82. The van der Waals surface area contributed by atoms with Crippen LogP contribution < -0.4 is 25.3 Å². The summed E-state index contributed by atoms with van der Waals surface area (Å²) in [4.78, 5) is 25.6. The minimum atomic E-state index is -0.632. The van der Waals surface area contributed by atoms with E-state index >= 15 is 0 Å². The fourth-order valence-electron chi connectivity index (χ4n) is 3.16. The zero-order chi connectivity index (χ0) is 23.8. The van der Waals surface area contributed by atoms with E-state index in [2.05, 4.69) is 5.32 Å². The molecule has 0 aliphatic heterocycles. The van der Waals surface area contributed by atoms with Gasteiger partial charge in [-0.05, 0) is 60.4 Å². The van der Waals surface area contributed by atoms with Crippen molar-refractivity contribution >= 4 is 23.5 Å². The van der Waals surface area contributed by atoms with Gasteiger partial charge in [-0.15, -0.1) is 0 Å². The molecule has 0 aromatic heterocycles. The van der Waals surface area contributed by atoms with Crippen molar-refractivity contribution in [2.75, 3.05) is 26.6 Å². The lowest BCUT2D eigenvalue weighted by Gasteiger charge is -2.19. The number of rotatable bonds is 10. The highest BCUT2D eigenvalue weighted by atomic mass is 16.5. The van der Waals surface area contributed by atoms with Gasteiger partial charge in [0.05, 0.1) is 38.6 Å². The maximum absolute atomic E-state index is 13.1. The van der Waals surface area contributed by atoms with Gasteiger partial charge >= 0.3 is 0 Å². The van der Waals surface area contributed by atoms with E-state index in [0.717, 1.165) is 12.0 Å². The van der Waals surface area contributed by atoms with E-state index in [1.165, 1.54) is 14.2 Å². The molecule has 0 saturated carbocycles. The second-order valence-corrected chi connectivity index (χ2v) is 7.58. The largest absolute Gasteiger partial charge is 0.497 e. The number of nitrogens with one attached hydrogen (secondary N) is 1. The molecule has 2 rings (SSSR count). The summed E-state index contributed by atoms with van der Waals surface area (Å²) in [7, 11) is 4.58. The second-order valence-electron chi connectivity index (χ2n) is 7.58. The minimum Gasteiger partial charge on any atom is -0.497 e. The number of anilines is 1. The standard InChI is InChI=1S/C25H32N2O5/c1-7-15(2)23(26)25(29)27-20-13-17(8-10-22(20)32-6)12-16(3)24(28)19-14-18(30-4)9-11-21(19)31-5/h8-15,23H,7,26H2,1-6H3,(H,27,29). The number of amides is 1. The van der Waals surface area contributed by atoms with E-state index in [9.17, 15) is 9.59 Å². The van der Waals surface area contributed by atoms with Crippen LogP contribution in [0.1, 0.15) is 43.1 Å². The number of hydrogen-bond donors (Lipinski definition) is 2. The van der Waals surface area contributed by atoms with Crippen LogP contribution in [0.25, 0.3) is 6.08 Å². The van der Waals surface area contributed by atoms with Crippen molar-refractivity contribution in [3.63, 3.8) is 0 Å². The van der Waals surface area contributed by atoms with Crippen molar-refractivity contribution in [2.24, 2.45) is 11.7 Å². The molecular formula is C25H32N2O5. The molecule has 0 saturated heterocycles. The molecule has 7 nitrogen and oxygen atoms in total. The van der Waals surface area contributed by atoms with Gasteiger partial charge in [-0.1, -0.05) is 26.3 Å². The highest BCUT2D eigenvalue weighted by Gasteiger charge is 2.21. The summed E-state index contributed by atoms with van der Waals surface area (Å²) in [5, 5.41) is 2.84. The summed E-state index contributed by atoms with van der Waals surface area (Å²) in [6.45, 7) is 5.64. The van der Waals surface area contributed by atoms with Crippen LogP contribution in [0.3, 0.4) is 0 Å². The Morgan fingerprint density at radius 2 is 1.69 bits per heavy atom. The van der Waals surface area contributed by atoms with Crippen LogP contribution >= 0.6 is 0 Å². The molecule has 0 fully saturated rings. The molecule has 0 bridgehead atoms. The number of carbonyl (C=O) groups is 2. The Hall–Kier alpha value is -3.32. The lowest BCUT2D eigenvalue weighted by atomic mass is 9.99. The Kier molecular flexibility index (Phi) is 8.84. The van der Waals surface area contributed by atoms with Gasteiger partial charge in [0, 0.05) is 0 Å². The fourth-order valence-corrected chi connectivity index (χ4v) is 3.16. The maximum atomic E-state index is 13.1. The van der Waals surface area contributed by atoms with Gasteiger partial charge in [0.15, 0.2) is 5.78 Å². The van der Waals surface area contributed by atoms with E-state index in [0.29, 0.717) is 34.1 Å². The van der Waals surface area contributed by atoms with Crippen molar-refractivity contribution in [1.29, 1.82) is 0 Å². The summed E-state index contributed by atoms with van der Waals surface area (Å²) in [6, 6.07) is 9.74. The van der Waals surface area contributed by atoms with Crippen LogP contribution in [0, 0.1) is 5.92 Å². The van der Waals surface area contributed by atoms with E-state index in [1.54, 1.807) is 50.4 Å². The Bertz CT molecular complexity index is 1000. The third kappa shape index (κ3) is 5.88. The molecule has 2 aromatic carbocycles. The van der Waals surface area contributed by atoms with Gasteiger partial charge in [-0.25, -0.2) is 0 Å². The van der Waals surface area contributed by atoms with Gasteiger partial charge < -0.3 is 25.3 Å². The molecule has 0 aliphatic carbocycles. The van der Waals surface area contributed by atoms with Crippen molar-refractivity contribution < 1.29 is 23.8 Å². The Balaban J connectivity index is 2.35. The molecule has 0 aliphatic rings. The first-order chi connectivity index (χ1) is 15.2. The van der Waals surface area contributed by atoms with Crippen LogP contribution in [0.15, 0.2) is 42.0 Å². The minimum absolute atomic E-state index is 0.0433. The molecule has 0 heterocycles. The van der Waals surface area contributed by atoms with Crippen LogP contribution in [0.4, 0.5) is 5.69 Å². The zero-order valence-electron chi connectivity index (χ0n) is 19.5. The van der Waals surface area contributed by atoms with Crippen LogP contribution in [0.5, 0.6) is 17.2 Å². The SMILES string of the molecule is CCC(C)C(N)C(=O)Nc1cc(C=C(C)C(=O)c2cc(OC)ccc2OC)ccc1OC. The number of methoxy groups -OCH3 is 3. The third-order valence-corrected chi connectivity index (χ3v) is 5.43. The highest BCUT2D eigenvalue weighted by molar-refractivity contribution is 6.12.